The van der Waals surface area contributed by atoms with Gasteiger partial charge in [0.15, 0.2) is 11.3 Å². The topological polar surface area (TPSA) is 91.3 Å². The van der Waals surface area contributed by atoms with E-state index in [-0.39, 0.29) is 40.7 Å². The average molecular weight is 514 g/mol. The fourth-order valence-electron chi connectivity index (χ4n) is 4.43. The van der Waals surface area contributed by atoms with Gasteiger partial charge < -0.3 is 5.21 Å². The summed E-state index contributed by atoms with van der Waals surface area (Å²) in [4.78, 5) is 17.6. The van der Waals surface area contributed by atoms with E-state index < -0.39 is 11.7 Å². The number of hydrazone groups is 2. The third-order valence-corrected chi connectivity index (χ3v) is 6.43. The second-order valence-electron chi connectivity index (χ2n) is 8.45. The molecule has 0 spiro atoms. The van der Waals surface area contributed by atoms with E-state index in [1.54, 1.807) is 18.4 Å². The summed E-state index contributed by atoms with van der Waals surface area (Å²) in [5.74, 6) is 0.146. The molecule has 1 aliphatic carbocycles. The number of allylic oxidation sites excluding steroid dienone is 1. The molecule has 11 heteroatoms. The van der Waals surface area contributed by atoms with Crippen LogP contribution in [-0.2, 0) is 12.6 Å². The maximum absolute atomic E-state index is 13.5. The van der Waals surface area contributed by atoms with Crippen LogP contribution < -0.4 is 11.0 Å². The number of nitrogens with zero attached hydrogens (tertiary/aromatic N) is 4. The van der Waals surface area contributed by atoms with E-state index in [9.17, 15) is 23.2 Å². The fourth-order valence-corrected chi connectivity index (χ4v) is 4.61. The first-order valence-electron chi connectivity index (χ1n) is 11.0. The number of benzene rings is 2. The molecule has 1 unspecified atom stereocenters. The van der Waals surface area contributed by atoms with Crippen molar-refractivity contribution < 1.29 is 18.4 Å². The van der Waals surface area contributed by atoms with Gasteiger partial charge in [-0.3, -0.25) is 4.79 Å². The zero-order valence-corrected chi connectivity index (χ0v) is 19.4. The number of halogens is 4. The highest BCUT2D eigenvalue weighted by Gasteiger charge is 2.33. The average Bonchev–Trinajstić information content (AvgIpc) is 2.87. The molecule has 1 aromatic heterocycles. The molecule has 0 radical (unpaired) electrons. The van der Waals surface area contributed by atoms with E-state index in [2.05, 4.69) is 20.7 Å². The third-order valence-electron chi connectivity index (χ3n) is 6.19. The predicted octanol–water partition coefficient (Wildman–Crippen LogP) is 5.28. The van der Waals surface area contributed by atoms with Crippen LogP contribution in [0.15, 0.2) is 74.6 Å². The summed E-state index contributed by atoms with van der Waals surface area (Å²) in [6, 6.07) is 9.44. The van der Waals surface area contributed by atoms with Crippen molar-refractivity contribution >= 4 is 40.3 Å². The molecule has 5 rings (SSSR count). The van der Waals surface area contributed by atoms with Gasteiger partial charge in [0, 0.05) is 17.7 Å². The second-order valence-corrected chi connectivity index (χ2v) is 8.88. The van der Waals surface area contributed by atoms with Gasteiger partial charge in [-0.1, -0.05) is 29.8 Å². The lowest BCUT2D eigenvalue weighted by Gasteiger charge is -2.27. The lowest BCUT2D eigenvalue weighted by Crippen LogP contribution is -2.31. The Morgan fingerprint density at radius 3 is 2.58 bits per heavy atom. The number of fused-ring (bicyclic) bond motifs is 2. The standard InChI is InChI=1S/C25H19ClF3N5O2/c26-17-8-9-20-18(13-17)24(35)23-19(31-33-32-22-3-1-2-10-30-22)11-15(12-21(23)34(20)36)14-4-6-16(7-5-14)25(27,28)29/h1-2,4-10,13,15,33,36H,3,11-12H2/b31-19-,32-22+. The molecule has 7 nitrogen and oxygen atoms in total. The SMILES string of the molecule is O=c1c2c(n(O)c3ccc(Cl)cc13)CC(c1ccc(C(F)(F)F)cc1)C/C2=N/N/N=C1\CC=CC=N1. The smallest absolute Gasteiger partial charge is 0.416 e. The summed E-state index contributed by atoms with van der Waals surface area (Å²) in [5, 5.41) is 20.0. The van der Waals surface area contributed by atoms with Crippen molar-refractivity contribution in [3.63, 3.8) is 0 Å². The van der Waals surface area contributed by atoms with Gasteiger partial charge in [0.25, 0.3) is 0 Å². The number of amidine groups is 1. The number of dihydropyridines is 1. The van der Waals surface area contributed by atoms with Crippen LogP contribution >= 0.6 is 11.6 Å². The van der Waals surface area contributed by atoms with Crippen LogP contribution in [0.4, 0.5) is 13.2 Å². The highest BCUT2D eigenvalue weighted by atomic mass is 35.5. The summed E-state index contributed by atoms with van der Waals surface area (Å²) in [5.41, 5.74) is 3.21. The van der Waals surface area contributed by atoms with E-state index in [0.29, 0.717) is 34.2 Å². The van der Waals surface area contributed by atoms with Crippen molar-refractivity contribution in [1.82, 2.24) is 10.3 Å². The summed E-state index contributed by atoms with van der Waals surface area (Å²) < 4.78 is 40.1. The summed E-state index contributed by atoms with van der Waals surface area (Å²) in [6.07, 6.45) is 1.76. The molecule has 3 aromatic rings. The van der Waals surface area contributed by atoms with Crippen LogP contribution in [0.2, 0.25) is 5.02 Å². The molecular formula is C25H19ClF3N5O2. The Hall–Kier alpha value is -3.92. The molecule has 0 amide bonds. The monoisotopic (exact) mass is 513 g/mol. The van der Waals surface area contributed by atoms with Gasteiger partial charge in [-0.2, -0.15) is 28.5 Å². The van der Waals surface area contributed by atoms with E-state index in [1.807, 2.05) is 6.08 Å². The van der Waals surface area contributed by atoms with Crippen LogP contribution in [0.5, 0.6) is 0 Å². The number of hydrogen-bond acceptors (Lipinski definition) is 5. The number of rotatable bonds is 3. The Balaban J connectivity index is 1.60. The number of aromatic nitrogens is 1. The lowest BCUT2D eigenvalue weighted by molar-refractivity contribution is -0.137. The number of pyridine rings is 1. The Bertz CT molecular complexity index is 1520. The molecule has 184 valence electrons. The Labute approximate surface area is 207 Å². The molecule has 2 aliphatic rings. The molecule has 0 saturated carbocycles. The van der Waals surface area contributed by atoms with Crippen LogP contribution in [0, 0.1) is 0 Å². The summed E-state index contributed by atoms with van der Waals surface area (Å²) in [6.45, 7) is 0. The summed E-state index contributed by atoms with van der Waals surface area (Å²) >= 11 is 6.09. The maximum atomic E-state index is 13.5. The molecule has 1 aliphatic heterocycles. The van der Waals surface area contributed by atoms with Gasteiger partial charge in [0.05, 0.1) is 33.4 Å². The fraction of sp³-hybridized carbons (Fsp3) is 0.200. The quantitative estimate of drug-likeness (QED) is 0.369. The van der Waals surface area contributed by atoms with Crippen molar-refractivity contribution in [2.75, 3.05) is 0 Å². The van der Waals surface area contributed by atoms with Crippen molar-refractivity contribution in [1.29, 1.82) is 0 Å². The van der Waals surface area contributed by atoms with Crippen molar-refractivity contribution in [2.24, 2.45) is 15.2 Å². The highest BCUT2D eigenvalue weighted by Crippen LogP contribution is 2.35. The molecule has 36 heavy (non-hydrogen) atoms. The Kier molecular flexibility index (Phi) is 6.13. The Morgan fingerprint density at radius 1 is 1.11 bits per heavy atom. The zero-order chi connectivity index (χ0) is 25.4. The highest BCUT2D eigenvalue weighted by molar-refractivity contribution is 6.31. The molecule has 0 fully saturated rings. The van der Waals surface area contributed by atoms with Crippen LogP contribution in [-0.4, -0.2) is 27.7 Å². The first-order chi connectivity index (χ1) is 17.2. The van der Waals surface area contributed by atoms with E-state index in [4.69, 9.17) is 11.6 Å². The molecule has 2 aromatic carbocycles. The van der Waals surface area contributed by atoms with Gasteiger partial charge in [0.1, 0.15) is 0 Å². The number of alkyl halides is 3. The van der Waals surface area contributed by atoms with Crippen molar-refractivity contribution in [3.8, 4) is 0 Å². The van der Waals surface area contributed by atoms with Gasteiger partial charge in [-0.05, 0) is 60.7 Å². The normalized spacial score (nSPS) is 19.7. The third kappa shape index (κ3) is 4.51. The van der Waals surface area contributed by atoms with Gasteiger partial charge in [-0.25, -0.2) is 4.99 Å². The molecule has 0 bridgehead atoms. The van der Waals surface area contributed by atoms with Gasteiger partial charge in [-0.15, -0.1) is 5.10 Å². The zero-order valence-electron chi connectivity index (χ0n) is 18.6. The van der Waals surface area contributed by atoms with Gasteiger partial charge in [0.2, 0.25) is 0 Å². The van der Waals surface area contributed by atoms with Crippen LogP contribution in [0.3, 0.4) is 0 Å². The molecule has 2 heterocycles. The minimum atomic E-state index is -4.45. The van der Waals surface area contributed by atoms with Crippen LogP contribution in [0.1, 0.15) is 41.1 Å². The molecule has 1 atom stereocenters. The lowest BCUT2D eigenvalue weighted by atomic mass is 9.80. The first kappa shape index (κ1) is 23.8. The number of hydrogen-bond donors (Lipinski definition) is 2. The summed E-state index contributed by atoms with van der Waals surface area (Å²) in [7, 11) is 0. The van der Waals surface area contributed by atoms with E-state index >= 15 is 0 Å². The predicted molar refractivity (Wildman–Crippen MR) is 132 cm³/mol. The van der Waals surface area contributed by atoms with E-state index in [0.717, 1.165) is 16.9 Å². The number of aliphatic imine (C=N–C) groups is 1. The van der Waals surface area contributed by atoms with Gasteiger partial charge >= 0.3 is 6.18 Å². The number of nitrogens with one attached hydrogen (secondary N) is 1. The minimum absolute atomic E-state index is 0.204. The maximum Gasteiger partial charge on any atom is 0.416 e. The van der Waals surface area contributed by atoms with Crippen molar-refractivity contribution in [3.05, 3.63) is 92.2 Å². The molecular weight excluding hydrogens is 495 g/mol. The van der Waals surface area contributed by atoms with Crippen LogP contribution in [0.25, 0.3) is 10.9 Å². The van der Waals surface area contributed by atoms with Crippen molar-refractivity contribution in [2.45, 2.75) is 31.4 Å². The minimum Gasteiger partial charge on any atom is -0.428 e. The largest absolute Gasteiger partial charge is 0.428 e. The first-order valence-corrected chi connectivity index (χ1v) is 11.4. The molecule has 2 N–H and O–H groups in total. The van der Waals surface area contributed by atoms with E-state index in [1.165, 1.54) is 24.3 Å². The molecule has 0 saturated heterocycles. The Morgan fingerprint density at radius 2 is 1.89 bits per heavy atom. The second kappa shape index (κ2) is 9.27.